The number of nitrogens with zero attached hydrogens (tertiary/aromatic N) is 4. The van der Waals surface area contributed by atoms with Crippen LogP contribution < -0.4 is 0 Å². The zero-order valence-corrected chi connectivity index (χ0v) is 29.8. The van der Waals surface area contributed by atoms with E-state index in [0.717, 1.165) is 53.3 Å². The number of Topliss-reactive ketones (excluding diaryl/α,β-unsaturated/α-hetero) is 1. The number of carbonyl (C=O) groups is 1. The van der Waals surface area contributed by atoms with E-state index in [9.17, 15) is 15.0 Å². The number of imidazole rings is 1. The van der Waals surface area contributed by atoms with Crippen molar-refractivity contribution in [3.8, 4) is 5.69 Å². The van der Waals surface area contributed by atoms with Crippen LogP contribution in [0.1, 0.15) is 83.5 Å². The predicted molar refractivity (Wildman–Crippen MR) is 191 cm³/mol. The van der Waals surface area contributed by atoms with Crippen molar-refractivity contribution in [3.63, 3.8) is 0 Å². The highest BCUT2D eigenvalue weighted by molar-refractivity contribution is 7.99. The quantitative estimate of drug-likeness (QED) is 0.218. The Hall–Kier alpha value is -3.20. The minimum absolute atomic E-state index is 0.0740. The van der Waals surface area contributed by atoms with Crippen molar-refractivity contribution in [2.24, 2.45) is 35.6 Å². The lowest BCUT2D eigenvalue weighted by Crippen LogP contribution is -2.62. The highest BCUT2D eigenvalue weighted by Crippen LogP contribution is 2.67. The van der Waals surface area contributed by atoms with Gasteiger partial charge in [-0.3, -0.25) is 4.79 Å². The maximum Gasteiger partial charge on any atom is 0.175 e. The monoisotopic (exact) mass is 664 g/mol. The number of aliphatic hydroxyl groups is 2. The summed E-state index contributed by atoms with van der Waals surface area (Å²) in [7, 11) is 1.97. The van der Waals surface area contributed by atoms with Crippen molar-refractivity contribution in [3.05, 3.63) is 77.1 Å². The molecule has 3 saturated carbocycles. The summed E-state index contributed by atoms with van der Waals surface area (Å²) in [5.41, 5.74) is 5.84. The smallest absolute Gasteiger partial charge is 0.175 e. The van der Waals surface area contributed by atoms with Crippen LogP contribution in [0.25, 0.3) is 22.8 Å². The molecule has 4 aromatic rings. The third-order valence-electron chi connectivity index (χ3n) is 13.1. The van der Waals surface area contributed by atoms with E-state index in [2.05, 4.69) is 69.6 Å². The summed E-state index contributed by atoms with van der Waals surface area (Å²) >= 11 is 1.40. The van der Waals surface area contributed by atoms with Crippen LogP contribution in [0.15, 0.2) is 65.5 Å². The van der Waals surface area contributed by atoms with Gasteiger partial charge >= 0.3 is 0 Å². The minimum atomic E-state index is -1.46. The van der Waals surface area contributed by atoms with Crippen LogP contribution in [-0.2, 0) is 23.7 Å². The molecule has 0 radical (unpaired) electrons. The molecular formula is C40H48N4O3S. The van der Waals surface area contributed by atoms with Crippen molar-refractivity contribution < 1.29 is 15.0 Å². The molecule has 3 fully saturated rings. The first kappa shape index (κ1) is 32.0. The Morgan fingerprint density at radius 3 is 2.56 bits per heavy atom. The summed E-state index contributed by atoms with van der Waals surface area (Å²) in [5.74, 6) is 0.533. The zero-order chi connectivity index (χ0) is 33.8. The molecule has 4 aliphatic rings. The van der Waals surface area contributed by atoms with Gasteiger partial charge in [0.1, 0.15) is 5.60 Å². The van der Waals surface area contributed by atoms with Crippen LogP contribution in [0.5, 0.6) is 0 Å². The lowest BCUT2D eigenvalue weighted by atomic mass is 9.45. The van der Waals surface area contributed by atoms with Crippen LogP contribution in [0.3, 0.4) is 0 Å². The van der Waals surface area contributed by atoms with E-state index in [4.69, 9.17) is 10.1 Å². The van der Waals surface area contributed by atoms with Gasteiger partial charge in [0.15, 0.2) is 10.9 Å². The van der Waals surface area contributed by atoms with Gasteiger partial charge in [-0.1, -0.05) is 76.2 Å². The molecular weight excluding hydrogens is 617 g/mol. The van der Waals surface area contributed by atoms with Gasteiger partial charge in [0.05, 0.1) is 40.5 Å². The van der Waals surface area contributed by atoms with Crippen molar-refractivity contribution >= 4 is 34.7 Å². The summed E-state index contributed by atoms with van der Waals surface area (Å²) in [6, 6.07) is 16.7. The second-order valence-electron chi connectivity index (χ2n) is 16.6. The number of carbonyl (C=O) groups excluding carboxylic acids is 1. The molecule has 2 heterocycles. The van der Waals surface area contributed by atoms with Gasteiger partial charge in [0, 0.05) is 12.5 Å². The number of rotatable bonds is 5. The van der Waals surface area contributed by atoms with Gasteiger partial charge in [-0.2, -0.15) is 5.10 Å². The number of hydrogen-bond acceptors (Lipinski definition) is 6. The number of para-hydroxylation sites is 2. The molecule has 0 bridgehead atoms. The summed E-state index contributed by atoms with van der Waals surface area (Å²) in [6.45, 7) is 11.1. The molecule has 4 aliphatic carbocycles. The standard InChI is InChI=1S/C40H48N4O3S/c1-37(2,3)25-11-14-27(15-12-25)44-32-19-26-13-16-28-29-17-18-40(47,34(46)23-48-36-42-30-9-7-8-10-31(30)43(36)6)39(29,5)21-33(45)35(28)38(26,4)20-24(32)22-41-44/h7-12,14-15,19,22,28-29,33,35,45,47H,13,16-18,20-21,23H2,1-6H3/t28?,29?,33-,35?,38?,39?,40-/m0/s1. The number of hydrogen-bond donors (Lipinski definition) is 2. The van der Waals surface area contributed by atoms with Gasteiger partial charge in [0.25, 0.3) is 0 Å². The Kier molecular flexibility index (Phi) is 7.27. The van der Waals surface area contributed by atoms with Crippen LogP contribution in [0, 0.1) is 28.6 Å². The van der Waals surface area contributed by atoms with Gasteiger partial charge in [-0.15, -0.1) is 0 Å². The lowest BCUT2D eigenvalue weighted by molar-refractivity contribution is -0.177. The Morgan fingerprint density at radius 2 is 1.83 bits per heavy atom. The van der Waals surface area contributed by atoms with Gasteiger partial charge in [0.2, 0.25) is 0 Å². The number of aliphatic hydroxyl groups excluding tert-OH is 1. The van der Waals surface area contributed by atoms with E-state index in [-0.39, 0.29) is 40.1 Å². The minimum Gasteiger partial charge on any atom is -0.393 e. The maximum atomic E-state index is 14.0. The Morgan fingerprint density at radius 1 is 1.08 bits per heavy atom. The Bertz CT molecular complexity index is 1950. The van der Waals surface area contributed by atoms with E-state index in [1.165, 1.54) is 28.5 Å². The first-order valence-corrected chi connectivity index (χ1v) is 18.6. The highest BCUT2D eigenvalue weighted by atomic mass is 32.2. The average molecular weight is 665 g/mol. The molecule has 2 aromatic carbocycles. The van der Waals surface area contributed by atoms with Crippen molar-refractivity contribution in [2.75, 3.05) is 5.75 Å². The molecule has 5 unspecified atom stereocenters. The van der Waals surface area contributed by atoms with Crippen molar-refractivity contribution in [1.29, 1.82) is 0 Å². The number of allylic oxidation sites excluding steroid dienone is 1. The molecule has 8 heteroatoms. The summed E-state index contributed by atoms with van der Waals surface area (Å²) in [5, 5.41) is 30.0. The molecule has 0 spiro atoms. The van der Waals surface area contributed by atoms with Gasteiger partial charge in [-0.05, 0) is 109 Å². The normalized spacial score (nSPS) is 32.7. The van der Waals surface area contributed by atoms with Gasteiger partial charge in [-0.25, -0.2) is 9.67 Å². The lowest BCUT2D eigenvalue weighted by Gasteiger charge is -2.60. The summed E-state index contributed by atoms with van der Waals surface area (Å²) < 4.78 is 4.09. The third kappa shape index (κ3) is 4.58. The van der Waals surface area contributed by atoms with Gasteiger partial charge < -0.3 is 14.8 Å². The molecule has 7 atom stereocenters. The number of ketones is 1. The second-order valence-corrected chi connectivity index (χ2v) is 17.5. The third-order valence-corrected chi connectivity index (χ3v) is 14.1. The van der Waals surface area contributed by atoms with E-state index >= 15 is 0 Å². The topological polar surface area (TPSA) is 93.2 Å². The maximum absolute atomic E-state index is 14.0. The summed E-state index contributed by atoms with van der Waals surface area (Å²) in [6.07, 6.45) is 8.24. The predicted octanol–water partition coefficient (Wildman–Crippen LogP) is 7.30. The van der Waals surface area contributed by atoms with Crippen LogP contribution in [0.4, 0.5) is 0 Å². The van der Waals surface area contributed by atoms with E-state index in [1.54, 1.807) is 0 Å². The number of thioether (sulfide) groups is 1. The van der Waals surface area contributed by atoms with E-state index in [0.29, 0.717) is 12.8 Å². The molecule has 0 saturated heterocycles. The first-order valence-electron chi connectivity index (χ1n) is 17.6. The molecule has 8 rings (SSSR count). The van der Waals surface area contributed by atoms with Crippen molar-refractivity contribution in [1.82, 2.24) is 19.3 Å². The molecule has 252 valence electrons. The van der Waals surface area contributed by atoms with Crippen LogP contribution >= 0.6 is 11.8 Å². The summed E-state index contributed by atoms with van der Waals surface area (Å²) in [4.78, 5) is 18.7. The van der Waals surface area contributed by atoms with Crippen LogP contribution in [0.2, 0.25) is 0 Å². The fraction of sp³-hybridized carbons (Fsp3) is 0.525. The highest BCUT2D eigenvalue weighted by Gasteiger charge is 2.68. The molecule has 2 N–H and O–H groups in total. The molecule has 48 heavy (non-hydrogen) atoms. The molecule has 0 amide bonds. The first-order chi connectivity index (χ1) is 22.7. The molecule has 2 aromatic heterocycles. The Labute approximate surface area is 287 Å². The largest absolute Gasteiger partial charge is 0.393 e. The van der Waals surface area contributed by atoms with E-state index < -0.39 is 17.1 Å². The zero-order valence-electron chi connectivity index (χ0n) is 29.0. The number of benzene rings is 2. The number of aryl methyl sites for hydroxylation is 1. The fourth-order valence-electron chi connectivity index (χ4n) is 10.5. The van der Waals surface area contributed by atoms with Crippen molar-refractivity contribution in [2.45, 2.75) is 95.4 Å². The molecule has 7 nitrogen and oxygen atoms in total. The fourth-order valence-corrected chi connectivity index (χ4v) is 11.4. The van der Waals surface area contributed by atoms with Crippen LogP contribution in [-0.4, -0.2) is 52.8 Å². The second kappa shape index (κ2) is 10.9. The molecule has 0 aliphatic heterocycles. The number of aromatic nitrogens is 4. The SMILES string of the molecule is Cn1c(SCC(=O)[C@@]2(O)CCC3C4CCC5=Cc6c(cnn6-c6ccc(C(C)(C)C)cc6)CC5(C)C4[C@@H](O)CC32C)nc2ccccc21. The average Bonchev–Trinajstić information content (AvgIpc) is 3.69. The van der Waals surface area contributed by atoms with E-state index in [1.807, 2.05) is 42.1 Å². The Balaban J connectivity index is 1.04. The number of fused-ring (bicyclic) bond motifs is 7.